The molecule has 132 valence electrons. The molecule has 0 amide bonds. The minimum atomic E-state index is -4.69. The molecule has 4 nitrogen and oxygen atoms in total. The molecule has 10 heteroatoms. The molecule has 0 aliphatic rings. The van der Waals surface area contributed by atoms with E-state index in [4.69, 9.17) is 11.5 Å². The Morgan fingerprint density at radius 1 is 0.583 bits per heavy atom. The first-order valence-electron chi connectivity index (χ1n) is 6.18. The first kappa shape index (κ1) is 19.3. The summed E-state index contributed by atoms with van der Waals surface area (Å²) in [6.45, 7) is 0. The number of benzene rings is 2. The van der Waals surface area contributed by atoms with E-state index in [2.05, 4.69) is 9.47 Å². The van der Waals surface area contributed by atoms with Crippen LogP contribution in [0.5, 0.6) is 11.5 Å². The molecule has 0 saturated heterocycles. The highest BCUT2D eigenvalue weighted by molar-refractivity contribution is 5.52. The fourth-order valence-electron chi connectivity index (χ4n) is 1.40. The third kappa shape index (κ3) is 7.47. The van der Waals surface area contributed by atoms with Gasteiger partial charge in [0.2, 0.25) is 0 Å². The quantitative estimate of drug-likeness (QED) is 0.622. The van der Waals surface area contributed by atoms with Gasteiger partial charge in [-0.05, 0) is 24.3 Å². The van der Waals surface area contributed by atoms with Crippen LogP contribution in [0, 0.1) is 0 Å². The van der Waals surface area contributed by atoms with E-state index in [9.17, 15) is 26.3 Å². The normalized spacial score (nSPS) is 11.2. The zero-order chi connectivity index (χ0) is 18.4. The summed E-state index contributed by atoms with van der Waals surface area (Å²) in [6.07, 6.45) is -9.37. The number of rotatable bonds is 2. The van der Waals surface area contributed by atoms with Crippen LogP contribution in [-0.4, -0.2) is 12.7 Å². The van der Waals surface area contributed by atoms with E-state index < -0.39 is 12.7 Å². The Morgan fingerprint density at radius 3 is 1.12 bits per heavy atom. The van der Waals surface area contributed by atoms with E-state index in [1.807, 2.05) is 0 Å². The zero-order valence-electron chi connectivity index (χ0n) is 11.9. The lowest BCUT2D eigenvalue weighted by Crippen LogP contribution is -2.17. The third-order valence-electron chi connectivity index (χ3n) is 2.29. The average Bonchev–Trinajstić information content (AvgIpc) is 2.42. The van der Waals surface area contributed by atoms with Gasteiger partial charge >= 0.3 is 12.7 Å². The predicted octanol–water partition coefficient (Wildman–Crippen LogP) is 4.33. The first-order valence-corrected chi connectivity index (χ1v) is 6.18. The topological polar surface area (TPSA) is 70.5 Å². The van der Waals surface area contributed by atoms with Crippen LogP contribution in [-0.2, 0) is 0 Å². The summed E-state index contributed by atoms with van der Waals surface area (Å²) >= 11 is 0. The van der Waals surface area contributed by atoms with Crippen LogP contribution in [0.4, 0.5) is 37.7 Å². The summed E-state index contributed by atoms with van der Waals surface area (Å²) in [6, 6.07) is 10.9. The highest BCUT2D eigenvalue weighted by Gasteiger charge is 2.32. The van der Waals surface area contributed by atoms with Crippen molar-refractivity contribution in [1.29, 1.82) is 0 Å². The van der Waals surface area contributed by atoms with Crippen molar-refractivity contribution in [2.45, 2.75) is 12.7 Å². The van der Waals surface area contributed by atoms with E-state index in [-0.39, 0.29) is 22.9 Å². The maximum atomic E-state index is 11.6. The van der Waals surface area contributed by atoms with Crippen molar-refractivity contribution in [3.05, 3.63) is 48.5 Å². The molecule has 0 aliphatic carbocycles. The maximum Gasteiger partial charge on any atom is 0.573 e. The smallest absolute Gasteiger partial charge is 0.404 e. The van der Waals surface area contributed by atoms with Crippen LogP contribution in [0.1, 0.15) is 0 Å². The van der Waals surface area contributed by atoms with Crippen LogP contribution in [0.15, 0.2) is 48.5 Å². The molecular formula is C14H12F6N2O2. The number of halogens is 6. The zero-order valence-corrected chi connectivity index (χ0v) is 11.9. The predicted molar refractivity (Wildman–Crippen MR) is 75.1 cm³/mol. The van der Waals surface area contributed by atoms with E-state index in [1.54, 1.807) is 0 Å². The molecule has 0 spiro atoms. The summed E-state index contributed by atoms with van der Waals surface area (Å²) in [4.78, 5) is 0. The van der Waals surface area contributed by atoms with Crippen LogP contribution < -0.4 is 20.9 Å². The fraction of sp³-hybridized carbons (Fsp3) is 0.143. The van der Waals surface area contributed by atoms with E-state index >= 15 is 0 Å². The van der Waals surface area contributed by atoms with Crippen molar-refractivity contribution < 1.29 is 35.8 Å². The lowest BCUT2D eigenvalue weighted by molar-refractivity contribution is -0.275. The van der Waals surface area contributed by atoms with Gasteiger partial charge in [0, 0.05) is 0 Å². The number of nitrogens with two attached hydrogens (primary N) is 2. The van der Waals surface area contributed by atoms with Crippen LogP contribution in [0.2, 0.25) is 0 Å². The fourth-order valence-corrected chi connectivity index (χ4v) is 1.40. The molecule has 4 N–H and O–H groups in total. The summed E-state index contributed by atoms with van der Waals surface area (Å²) in [7, 11) is 0. The summed E-state index contributed by atoms with van der Waals surface area (Å²) in [5.41, 5.74) is 10.3. The first-order chi connectivity index (χ1) is 11.0. The molecule has 24 heavy (non-hydrogen) atoms. The van der Waals surface area contributed by atoms with Gasteiger partial charge in [-0.3, -0.25) is 0 Å². The molecule has 0 bridgehead atoms. The molecule has 2 aromatic carbocycles. The molecule has 0 heterocycles. The SMILES string of the molecule is Nc1ccccc1OC(F)(F)F.Nc1ccccc1OC(F)(F)F. The standard InChI is InChI=1S/2C7H6F3NO/c2*8-7(9,10)12-6-4-2-1-3-5(6)11/h2*1-4H,11H2. The van der Waals surface area contributed by atoms with Gasteiger partial charge in [0.05, 0.1) is 11.4 Å². The number of nitrogen functional groups attached to an aromatic ring is 2. The lowest BCUT2D eigenvalue weighted by atomic mass is 10.3. The Kier molecular flexibility index (Phi) is 6.15. The third-order valence-corrected chi connectivity index (χ3v) is 2.29. The molecule has 0 atom stereocenters. The second kappa shape index (κ2) is 7.66. The van der Waals surface area contributed by atoms with Gasteiger partial charge < -0.3 is 20.9 Å². The van der Waals surface area contributed by atoms with Gasteiger partial charge in [-0.15, -0.1) is 26.3 Å². The van der Waals surface area contributed by atoms with Crippen molar-refractivity contribution in [2.75, 3.05) is 11.5 Å². The summed E-state index contributed by atoms with van der Waals surface area (Å²) < 4.78 is 77.1. The van der Waals surface area contributed by atoms with Crippen molar-refractivity contribution in [3.8, 4) is 11.5 Å². The van der Waals surface area contributed by atoms with E-state index in [1.165, 1.54) is 36.4 Å². The van der Waals surface area contributed by atoms with Crippen molar-refractivity contribution in [1.82, 2.24) is 0 Å². The second-order valence-corrected chi connectivity index (χ2v) is 4.17. The van der Waals surface area contributed by atoms with Gasteiger partial charge in [0.1, 0.15) is 0 Å². The summed E-state index contributed by atoms with van der Waals surface area (Å²) in [5.74, 6) is -0.741. The van der Waals surface area contributed by atoms with Crippen LogP contribution in [0.3, 0.4) is 0 Å². The molecule has 0 unspecified atom stereocenters. The van der Waals surface area contributed by atoms with Gasteiger partial charge in [0.15, 0.2) is 11.5 Å². The number of ether oxygens (including phenoxy) is 2. The number of hydrogen-bond acceptors (Lipinski definition) is 4. The molecule has 0 aromatic heterocycles. The van der Waals surface area contributed by atoms with Crippen LogP contribution >= 0.6 is 0 Å². The Labute approximate surface area is 132 Å². The molecule has 0 fully saturated rings. The molecule has 0 radical (unpaired) electrons. The van der Waals surface area contributed by atoms with Crippen molar-refractivity contribution in [2.24, 2.45) is 0 Å². The molecule has 0 aliphatic heterocycles. The highest BCUT2D eigenvalue weighted by Crippen LogP contribution is 2.28. The van der Waals surface area contributed by atoms with E-state index in [0.29, 0.717) is 0 Å². The molecule has 2 aromatic rings. The number of alkyl halides is 6. The average molecular weight is 354 g/mol. The number of anilines is 2. The Balaban J connectivity index is 0.000000240. The number of hydrogen-bond donors (Lipinski definition) is 2. The van der Waals surface area contributed by atoms with Crippen LogP contribution in [0.25, 0.3) is 0 Å². The van der Waals surface area contributed by atoms with Crippen molar-refractivity contribution >= 4 is 11.4 Å². The van der Waals surface area contributed by atoms with Gasteiger partial charge in [-0.2, -0.15) is 0 Å². The summed E-state index contributed by atoms with van der Waals surface area (Å²) in [5, 5.41) is 0. The lowest BCUT2D eigenvalue weighted by Gasteiger charge is -2.09. The van der Waals surface area contributed by atoms with Gasteiger partial charge in [-0.25, -0.2) is 0 Å². The molecular weight excluding hydrogens is 342 g/mol. The number of para-hydroxylation sites is 4. The van der Waals surface area contributed by atoms with E-state index in [0.717, 1.165) is 12.1 Å². The second-order valence-electron chi connectivity index (χ2n) is 4.17. The van der Waals surface area contributed by atoms with Gasteiger partial charge in [-0.1, -0.05) is 24.3 Å². The highest BCUT2D eigenvalue weighted by atomic mass is 19.4. The monoisotopic (exact) mass is 354 g/mol. The Bertz CT molecular complexity index is 601. The Hall–Kier alpha value is -2.78. The Morgan fingerprint density at radius 2 is 0.875 bits per heavy atom. The largest absolute Gasteiger partial charge is 0.573 e. The maximum absolute atomic E-state index is 11.6. The molecule has 0 saturated carbocycles. The minimum Gasteiger partial charge on any atom is -0.404 e. The molecule has 2 rings (SSSR count). The van der Waals surface area contributed by atoms with Crippen molar-refractivity contribution in [3.63, 3.8) is 0 Å². The van der Waals surface area contributed by atoms with Gasteiger partial charge in [0.25, 0.3) is 0 Å². The minimum absolute atomic E-state index is 0.0326.